The second-order valence-corrected chi connectivity index (χ2v) is 17.9. The van der Waals surface area contributed by atoms with E-state index in [1.807, 2.05) is 0 Å². The molecule has 41 heavy (non-hydrogen) atoms. The molecule has 0 bridgehead atoms. The van der Waals surface area contributed by atoms with Gasteiger partial charge in [-0.1, -0.05) is 0 Å². The first-order valence-corrected chi connectivity index (χ1v) is 16.8. The van der Waals surface area contributed by atoms with Crippen molar-refractivity contribution < 1.29 is 57.7 Å². The molecule has 0 amide bonds. The minimum Gasteiger partial charge on any atom is -1.00 e. The number of allylic oxidation sites excluding steroid dienone is 1. The summed E-state index contributed by atoms with van der Waals surface area (Å²) in [5, 5.41) is 4.48. The zero-order valence-electron chi connectivity index (χ0n) is 24.8. The van der Waals surface area contributed by atoms with Gasteiger partial charge in [0.25, 0.3) is 0 Å². The summed E-state index contributed by atoms with van der Waals surface area (Å²) in [6, 6.07) is 37.8. The van der Waals surface area contributed by atoms with Crippen LogP contribution in [-0.2, 0) is 23.8 Å². The Kier molecular flexibility index (Phi) is 12.4. The zero-order valence-corrected chi connectivity index (χ0v) is 29.6. The summed E-state index contributed by atoms with van der Waals surface area (Å²) in [5.74, 6) is 1.43. The largest absolute Gasteiger partial charge is 1.00 e. The summed E-state index contributed by atoms with van der Waals surface area (Å²) in [4.78, 5) is 0. The fourth-order valence-corrected chi connectivity index (χ4v) is 14.2. The molecule has 1 unspecified atom stereocenters. The van der Waals surface area contributed by atoms with Crippen molar-refractivity contribution in [1.82, 2.24) is 0 Å². The molecule has 0 nitrogen and oxygen atoms in total. The van der Waals surface area contributed by atoms with Crippen molar-refractivity contribution in [2.24, 2.45) is 0 Å². The fraction of sp³-hybridized carbons (Fsp3) is 0.278. The molecule has 0 saturated carbocycles. The Balaban J connectivity index is 0.00000196. The summed E-state index contributed by atoms with van der Waals surface area (Å²) in [6.45, 7) is 13.9. The van der Waals surface area contributed by atoms with Crippen molar-refractivity contribution >= 4 is 29.7 Å². The Morgan fingerprint density at radius 1 is 0.537 bits per heavy atom. The van der Waals surface area contributed by atoms with Gasteiger partial charge in [-0.25, -0.2) is 0 Å². The van der Waals surface area contributed by atoms with Gasteiger partial charge >= 0.3 is 244 Å². The van der Waals surface area contributed by atoms with Gasteiger partial charge in [0.2, 0.25) is 0 Å². The van der Waals surface area contributed by atoms with Gasteiger partial charge in [-0.15, -0.1) is 0 Å². The average molecular weight is 654 g/mol. The number of benzene rings is 4. The molecule has 4 aromatic rings. The average Bonchev–Trinajstić information content (AvgIpc) is 3.27. The van der Waals surface area contributed by atoms with E-state index in [-0.39, 0.29) is 40.6 Å². The van der Waals surface area contributed by atoms with Gasteiger partial charge in [0.05, 0.1) is 0 Å². The van der Waals surface area contributed by atoms with Crippen LogP contribution in [0.15, 0.2) is 103 Å². The van der Waals surface area contributed by atoms with E-state index in [9.17, 15) is 0 Å². The van der Waals surface area contributed by atoms with Gasteiger partial charge in [-0.2, -0.15) is 0 Å². The summed E-state index contributed by atoms with van der Waals surface area (Å²) in [5.41, 5.74) is 7.05. The normalized spacial score (nSPS) is 15.8. The minimum atomic E-state index is -2.68. The molecule has 5 heteroatoms. The molecular weight excluding hydrogens is 615 g/mol. The number of hydrogen-bond donors (Lipinski definition) is 0. The van der Waals surface area contributed by atoms with E-state index in [2.05, 4.69) is 171 Å². The van der Waals surface area contributed by atoms with Gasteiger partial charge in [0, 0.05) is 0 Å². The van der Waals surface area contributed by atoms with E-state index in [0.717, 1.165) is 0 Å². The van der Waals surface area contributed by atoms with E-state index in [0.29, 0.717) is 17.8 Å². The van der Waals surface area contributed by atoms with Gasteiger partial charge in [0.15, 0.2) is 0 Å². The van der Waals surface area contributed by atoms with Crippen molar-refractivity contribution in [1.29, 1.82) is 0 Å². The van der Waals surface area contributed by atoms with Gasteiger partial charge in [-0.3, -0.25) is 0 Å². The third kappa shape index (κ3) is 6.23. The van der Waals surface area contributed by atoms with E-state index in [1.54, 1.807) is 0 Å². The van der Waals surface area contributed by atoms with Crippen LogP contribution in [0.2, 0.25) is 0 Å². The standard InChI is InChI=1S/C36H39Si.3ClH.Ti/c1-25(2)29-13-9-16-32(22-29)37(33-17-10-14-30(23-33)26(3)4,34-18-11-15-31(24-34)27(5)6)36-21-20-28-12-7-8-19-35(28)36;;;;/h7-27H,1-6H3;3*1H;/q;;;;+3/p-3. The molecule has 1 aliphatic carbocycles. The number of hydrogen-bond acceptors (Lipinski definition) is 0. The van der Waals surface area contributed by atoms with Crippen LogP contribution in [0.4, 0.5) is 0 Å². The smallest absolute Gasteiger partial charge is 1.00 e. The third-order valence-electron chi connectivity index (χ3n) is 8.45. The van der Waals surface area contributed by atoms with Crippen LogP contribution in [-0.4, -0.2) is 8.07 Å². The SMILES string of the molecule is CC(C)c1cccc([Si](c2cccc(C(C)C)c2)(c2cccc(C(C)C)c2)[C]2([Ti+3])C=Cc3ccccc32)c1.[Cl-].[Cl-].[Cl-]. The Bertz CT molecular complexity index is 1370. The second kappa shape index (κ2) is 14.3. The van der Waals surface area contributed by atoms with Crippen LogP contribution >= 0.6 is 0 Å². The predicted octanol–water partition coefficient (Wildman–Crippen LogP) is -1.45. The van der Waals surface area contributed by atoms with Gasteiger partial charge in [0.1, 0.15) is 0 Å². The van der Waals surface area contributed by atoms with E-state index < -0.39 is 8.07 Å². The Morgan fingerprint density at radius 2 is 0.927 bits per heavy atom. The van der Waals surface area contributed by atoms with Crippen molar-refractivity contribution in [3.05, 3.63) is 131 Å². The minimum absolute atomic E-state index is 0. The summed E-state index contributed by atoms with van der Waals surface area (Å²) < 4.78 is -0.148. The second-order valence-electron chi connectivity index (χ2n) is 11.8. The molecule has 0 heterocycles. The molecule has 0 radical (unpaired) electrons. The van der Waals surface area contributed by atoms with E-state index >= 15 is 0 Å². The maximum atomic E-state index is 2.54. The summed E-state index contributed by atoms with van der Waals surface area (Å²) in [6.07, 6.45) is 4.91. The van der Waals surface area contributed by atoms with Crippen molar-refractivity contribution in [2.75, 3.05) is 0 Å². The summed E-state index contributed by atoms with van der Waals surface area (Å²) >= 11 is 2.52. The first-order valence-electron chi connectivity index (χ1n) is 14.0. The molecule has 1 aliphatic rings. The van der Waals surface area contributed by atoms with Crippen molar-refractivity contribution in [2.45, 2.75) is 62.6 Å². The maximum Gasteiger partial charge on any atom is -1.00 e. The molecule has 0 aromatic heterocycles. The molecule has 0 fully saturated rings. The third-order valence-corrected chi connectivity index (χ3v) is 16.0. The molecule has 4 aromatic carbocycles. The van der Waals surface area contributed by atoms with E-state index in [1.165, 1.54) is 43.4 Å². The van der Waals surface area contributed by atoms with Crippen molar-refractivity contribution in [3.63, 3.8) is 0 Å². The topological polar surface area (TPSA) is 0 Å². The first kappa shape index (κ1) is 35.6. The molecule has 0 aliphatic heterocycles. The molecule has 0 saturated heterocycles. The Morgan fingerprint density at radius 3 is 1.32 bits per heavy atom. The van der Waals surface area contributed by atoms with Crippen molar-refractivity contribution in [3.8, 4) is 0 Å². The number of fused-ring (bicyclic) bond motifs is 1. The van der Waals surface area contributed by atoms with Crippen LogP contribution in [0.1, 0.15) is 87.1 Å². The molecule has 5 rings (SSSR count). The Labute approximate surface area is 279 Å². The Hall–Kier alpha value is -1.58. The predicted molar refractivity (Wildman–Crippen MR) is 163 cm³/mol. The van der Waals surface area contributed by atoms with Crippen LogP contribution in [0, 0.1) is 0 Å². The molecule has 212 valence electrons. The maximum absolute atomic E-state index is 2.68. The van der Waals surface area contributed by atoms with E-state index in [4.69, 9.17) is 0 Å². The van der Waals surface area contributed by atoms with Crippen LogP contribution < -0.4 is 52.8 Å². The summed E-state index contributed by atoms with van der Waals surface area (Å²) in [7, 11) is -2.68. The van der Waals surface area contributed by atoms with Crippen LogP contribution in [0.3, 0.4) is 0 Å². The molecule has 0 N–H and O–H groups in total. The number of halogens is 3. The van der Waals surface area contributed by atoms with Crippen LogP contribution in [0.25, 0.3) is 6.08 Å². The molecule has 1 atom stereocenters. The molecular formula is C36H39Cl3SiTi. The molecule has 0 spiro atoms. The fourth-order valence-electron chi connectivity index (χ4n) is 6.21. The zero-order chi connectivity index (χ0) is 27.1. The number of rotatable bonds is 7. The quantitative estimate of drug-likeness (QED) is 0.169. The monoisotopic (exact) mass is 652 g/mol. The van der Waals surface area contributed by atoms with Crippen LogP contribution in [0.5, 0.6) is 0 Å². The van der Waals surface area contributed by atoms with Gasteiger partial charge < -0.3 is 37.2 Å². The van der Waals surface area contributed by atoms with Gasteiger partial charge in [-0.05, 0) is 0 Å². The first-order chi connectivity index (χ1) is 18.2.